The number of methoxy groups -OCH3 is 1. The first kappa shape index (κ1) is 13.8. The summed E-state index contributed by atoms with van der Waals surface area (Å²) in [6.07, 6.45) is 5.31. The lowest BCUT2D eigenvalue weighted by molar-refractivity contribution is -0.328. The summed E-state index contributed by atoms with van der Waals surface area (Å²) in [6.45, 7) is 6.89. The molecule has 2 saturated heterocycles. The van der Waals surface area contributed by atoms with Crippen molar-refractivity contribution in [3.63, 3.8) is 0 Å². The van der Waals surface area contributed by atoms with Gasteiger partial charge in [-0.3, -0.25) is 0 Å². The number of ether oxygens (including phenoxy) is 3. The molecule has 0 bridgehead atoms. The van der Waals surface area contributed by atoms with Gasteiger partial charge in [-0.05, 0) is 43.9 Å². The van der Waals surface area contributed by atoms with Gasteiger partial charge in [-0.15, -0.1) is 0 Å². The van der Waals surface area contributed by atoms with E-state index in [0.717, 1.165) is 11.8 Å². The zero-order valence-corrected chi connectivity index (χ0v) is 12.7. The largest absolute Gasteiger partial charge is 0.355 e. The van der Waals surface area contributed by atoms with Crippen molar-refractivity contribution in [2.45, 2.75) is 65.1 Å². The summed E-state index contributed by atoms with van der Waals surface area (Å²) in [4.78, 5) is 0. The maximum absolute atomic E-state index is 6.18. The van der Waals surface area contributed by atoms with Crippen molar-refractivity contribution in [3.05, 3.63) is 0 Å². The molecule has 0 radical (unpaired) electrons. The molecule has 3 nitrogen and oxygen atoms in total. The molecule has 0 aromatic heterocycles. The quantitative estimate of drug-likeness (QED) is 0.729. The van der Waals surface area contributed by atoms with Gasteiger partial charge in [-0.25, -0.2) is 0 Å². The lowest BCUT2D eigenvalue weighted by Crippen LogP contribution is -2.53. The van der Waals surface area contributed by atoms with Crippen LogP contribution in [0.4, 0.5) is 0 Å². The van der Waals surface area contributed by atoms with Crippen molar-refractivity contribution in [1.82, 2.24) is 0 Å². The van der Waals surface area contributed by atoms with E-state index in [9.17, 15) is 0 Å². The Labute approximate surface area is 117 Å². The fourth-order valence-electron chi connectivity index (χ4n) is 4.72. The van der Waals surface area contributed by atoms with E-state index in [2.05, 4.69) is 20.8 Å². The smallest absolute Gasteiger partial charge is 0.164 e. The molecule has 0 N–H and O–H groups in total. The fourth-order valence-corrected chi connectivity index (χ4v) is 4.72. The van der Waals surface area contributed by atoms with Gasteiger partial charge in [-0.2, -0.15) is 0 Å². The molecule has 0 spiro atoms. The first-order valence-corrected chi connectivity index (χ1v) is 7.95. The Kier molecular flexibility index (Phi) is 3.89. The van der Waals surface area contributed by atoms with Gasteiger partial charge in [0.15, 0.2) is 12.6 Å². The van der Waals surface area contributed by atoms with Crippen LogP contribution in [0.5, 0.6) is 0 Å². The molecule has 19 heavy (non-hydrogen) atoms. The number of rotatable bonds is 1. The van der Waals surface area contributed by atoms with Crippen molar-refractivity contribution in [2.75, 3.05) is 7.11 Å². The minimum Gasteiger partial charge on any atom is -0.355 e. The second-order valence-corrected chi connectivity index (χ2v) is 6.95. The zero-order chi connectivity index (χ0) is 13.6. The van der Waals surface area contributed by atoms with Crippen molar-refractivity contribution in [2.24, 2.45) is 29.6 Å². The molecule has 0 amide bonds. The fraction of sp³-hybridized carbons (Fsp3) is 1.00. The molecule has 8 atom stereocenters. The molecule has 110 valence electrons. The molecule has 2 aliphatic heterocycles. The van der Waals surface area contributed by atoms with Gasteiger partial charge in [-0.1, -0.05) is 20.3 Å². The topological polar surface area (TPSA) is 27.7 Å². The van der Waals surface area contributed by atoms with Gasteiger partial charge >= 0.3 is 0 Å². The van der Waals surface area contributed by atoms with Crippen LogP contribution in [0.2, 0.25) is 0 Å². The molecule has 1 aliphatic carbocycles. The molecule has 0 aromatic carbocycles. The first-order chi connectivity index (χ1) is 9.11. The van der Waals surface area contributed by atoms with Crippen LogP contribution >= 0.6 is 0 Å². The van der Waals surface area contributed by atoms with Gasteiger partial charge in [0.2, 0.25) is 0 Å². The maximum Gasteiger partial charge on any atom is 0.164 e. The van der Waals surface area contributed by atoms with Gasteiger partial charge in [0.05, 0.1) is 6.10 Å². The van der Waals surface area contributed by atoms with E-state index in [1.54, 1.807) is 7.11 Å². The highest BCUT2D eigenvalue weighted by molar-refractivity contribution is 4.95. The third-order valence-corrected chi connectivity index (χ3v) is 5.87. The summed E-state index contributed by atoms with van der Waals surface area (Å²) in [6, 6.07) is 0. The van der Waals surface area contributed by atoms with Crippen LogP contribution < -0.4 is 0 Å². The van der Waals surface area contributed by atoms with E-state index in [-0.39, 0.29) is 12.6 Å². The highest BCUT2D eigenvalue weighted by atomic mass is 16.8. The van der Waals surface area contributed by atoms with Crippen molar-refractivity contribution < 1.29 is 14.2 Å². The maximum atomic E-state index is 6.18. The average molecular weight is 268 g/mol. The Bertz CT molecular complexity index is 319. The number of hydrogen-bond donors (Lipinski definition) is 0. The van der Waals surface area contributed by atoms with Crippen molar-refractivity contribution in [1.29, 1.82) is 0 Å². The monoisotopic (exact) mass is 268 g/mol. The molecule has 3 aliphatic rings. The van der Waals surface area contributed by atoms with Gasteiger partial charge in [0, 0.05) is 18.9 Å². The normalized spacial score (nSPS) is 54.3. The van der Waals surface area contributed by atoms with Gasteiger partial charge in [0.25, 0.3) is 0 Å². The van der Waals surface area contributed by atoms with Gasteiger partial charge in [0.1, 0.15) is 0 Å². The SMILES string of the molecule is COC1OC2O[C@@H](C)CC[C@@H]3C2C(CC[C@H]3C)[C@H]1C. The predicted molar refractivity (Wildman–Crippen MR) is 73.5 cm³/mol. The van der Waals surface area contributed by atoms with Crippen molar-refractivity contribution in [3.8, 4) is 0 Å². The molecular weight excluding hydrogens is 240 g/mol. The van der Waals surface area contributed by atoms with Crippen LogP contribution in [-0.4, -0.2) is 25.8 Å². The van der Waals surface area contributed by atoms with Crippen LogP contribution in [-0.2, 0) is 14.2 Å². The minimum absolute atomic E-state index is 0.0450. The summed E-state index contributed by atoms with van der Waals surface area (Å²) in [5, 5.41) is 0. The van der Waals surface area contributed by atoms with Crippen LogP contribution in [0.15, 0.2) is 0 Å². The summed E-state index contributed by atoms with van der Waals surface area (Å²) in [5.74, 6) is 3.35. The van der Waals surface area contributed by atoms with E-state index in [4.69, 9.17) is 14.2 Å². The molecule has 3 rings (SSSR count). The summed E-state index contributed by atoms with van der Waals surface area (Å²) >= 11 is 0. The zero-order valence-electron chi connectivity index (χ0n) is 12.7. The third kappa shape index (κ3) is 2.34. The molecular formula is C16H28O3. The summed E-state index contributed by atoms with van der Waals surface area (Å²) in [7, 11) is 1.75. The third-order valence-electron chi connectivity index (χ3n) is 5.87. The predicted octanol–water partition coefficient (Wildman–Crippen LogP) is 3.43. The van der Waals surface area contributed by atoms with E-state index in [1.807, 2.05) is 0 Å². The second kappa shape index (κ2) is 5.34. The molecule has 3 fully saturated rings. The Morgan fingerprint density at radius 2 is 1.63 bits per heavy atom. The highest BCUT2D eigenvalue weighted by Gasteiger charge is 2.52. The lowest BCUT2D eigenvalue weighted by Gasteiger charge is -2.51. The lowest BCUT2D eigenvalue weighted by atomic mass is 9.61. The van der Waals surface area contributed by atoms with E-state index in [1.165, 1.54) is 25.7 Å². The Balaban J connectivity index is 1.89. The molecule has 1 saturated carbocycles. The Morgan fingerprint density at radius 3 is 2.37 bits per heavy atom. The van der Waals surface area contributed by atoms with E-state index in [0.29, 0.717) is 23.9 Å². The van der Waals surface area contributed by atoms with Crippen LogP contribution in [0.3, 0.4) is 0 Å². The average Bonchev–Trinajstić information content (AvgIpc) is 2.56. The molecule has 3 heteroatoms. The number of hydrogen-bond acceptors (Lipinski definition) is 3. The van der Waals surface area contributed by atoms with E-state index >= 15 is 0 Å². The summed E-state index contributed by atoms with van der Waals surface area (Å²) < 4.78 is 17.9. The van der Waals surface area contributed by atoms with E-state index < -0.39 is 0 Å². The summed E-state index contributed by atoms with van der Waals surface area (Å²) in [5.41, 5.74) is 0. The van der Waals surface area contributed by atoms with Crippen molar-refractivity contribution >= 4 is 0 Å². The highest BCUT2D eigenvalue weighted by Crippen LogP contribution is 2.52. The molecule has 2 heterocycles. The van der Waals surface area contributed by atoms with Crippen LogP contribution in [0.25, 0.3) is 0 Å². The molecule has 4 unspecified atom stereocenters. The minimum atomic E-state index is -0.0920. The van der Waals surface area contributed by atoms with Gasteiger partial charge < -0.3 is 14.2 Å². The molecule has 0 aromatic rings. The Morgan fingerprint density at radius 1 is 0.895 bits per heavy atom. The second-order valence-electron chi connectivity index (χ2n) is 6.95. The van der Waals surface area contributed by atoms with Crippen LogP contribution in [0, 0.1) is 29.6 Å². The first-order valence-electron chi connectivity index (χ1n) is 7.95. The standard InChI is InChI=1S/C16H28O3/c1-9-5-7-13-11(3)15(17-4)19-16-14(13)12(9)8-6-10(2)18-16/h9-16H,5-8H2,1-4H3/t9-,10+,11-,12+,13?,14?,15?,16?/m1/s1. The van der Waals surface area contributed by atoms with Crippen LogP contribution in [0.1, 0.15) is 46.5 Å². The Hall–Kier alpha value is -0.120.